The van der Waals surface area contributed by atoms with Crippen molar-refractivity contribution in [2.75, 3.05) is 0 Å². The van der Waals surface area contributed by atoms with Gasteiger partial charge in [0, 0.05) is 29.7 Å². The number of hydrogen-bond donors (Lipinski definition) is 3. The van der Waals surface area contributed by atoms with E-state index < -0.39 is 30.3 Å². The molecule has 1 heterocycles. The van der Waals surface area contributed by atoms with Crippen LogP contribution in [0, 0.1) is 29.6 Å². The maximum absolute atomic E-state index is 13.8. The second-order valence-electron chi connectivity index (χ2n) is 12.5. The van der Waals surface area contributed by atoms with Crippen LogP contribution in [0.25, 0.3) is 0 Å². The Bertz CT molecular complexity index is 1090. The van der Waals surface area contributed by atoms with E-state index in [0.29, 0.717) is 17.9 Å². The fourth-order valence-corrected chi connectivity index (χ4v) is 5.81. The van der Waals surface area contributed by atoms with Crippen LogP contribution in [0.1, 0.15) is 80.7 Å². The molecule has 1 aliphatic rings. The van der Waals surface area contributed by atoms with Gasteiger partial charge in [-0.15, -0.1) is 0 Å². The van der Waals surface area contributed by atoms with Crippen molar-refractivity contribution < 1.29 is 24.5 Å². The van der Waals surface area contributed by atoms with Crippen molar-refractivity contribution in [3.05, 3.63) is 70.8 Å². The molecule has 0 saturated heterocycles. The molecular formula is C35H53NO5. The molecule has 0 aromatic heterocycles. The number of rotatable bonds is 6. The topological polar surface area (TPSA) is 95.9 Å². The van der Waals surface area contributed by atoms with Crippen molar-refractivity contribution in [3.8, 4) is 0 Å². The van der Waals surface area contributed by atoms with Crippen molar-refractivity contribution in [2.24, 2.45) is 29.6 Å². The summed E-state index contributed by atoms with van der Waals surface area (Å²) in [4.78, 5) is 27.1. The second kappa shape index (κ2) is 16.1. The molecule has 0 saturated carbocycles. The molecule has 1 aliphatic heterocycles. The lowest BCUT2D eigenvalue weighted by Gasteiger charge is -2.32. The predicted molar refractivity (Wildman–Crippen MR) is 166 cm³/mol. The number of hydrogen-bond acceptors (Lipinski definition) is 5. The van der Waals surface area contributed by atoms with E-state index in [2.05, 4.69) is 26.1 Å². The van der Waals surface area contributed by atoms with Crippen LogP contribution in [0.2, 0.25) is 0 Å². The van der Waals surface area contributed by atoms with Gasteiger partial charge in [-0.2, -0.15) is 0 Å². The predicted octanol–water partition coefficient (Wildman–Crippen LogP) is 6.18. The van der Waals surface area contributed by atoms with Crippen LogP contribution >= 0.6 is 0 Å². The van der Waals surface area contributed by atoms with Crippen LogP contribution in [0.3, 0.4) is 0 Å². The molecule has 0 bridgehead atoms. The maximum Gasteiger partial charge on any atom is 0.329 e. The minimum atomic E-state index is -0.882. The monoisotopic (exact) mass is 567 g/mol. The highest BCUT2D eigenvalue weighted by Gasteiger charge is 2.32. The molecule has 0 radical (unpaired) electrons. The number of aliphatic hydroxyl groups is 2. The van der Waals surface area contributed by atoms with Crippen molar-refractivity contribution in [1.29, 1.82) is 0 Å². The number of amides is 1. The van der Waals surface area contributed by atoms with Crippen LogP contribution in [0.5, 0.6) is 0 Å². The molecule has 0 aliphatic carbocycles. The van der Waals surface area contributed by atoms with Gasteiger partial charge >= 0.3 is 5.97 Å². The molecule has 1 amide bonds. The Morgan fingerprint density at radius 2 is 1.39 bits per heavy atom. The summed E-state index contributed by atoms with van der Waals surface area (Å²) < 4.78 is 6.28. The van der Waals surface area contributed by atoms with Crippen molar-refractivity contribution in [3.63, 3.8) is 0 Å². The minimum absolute atomic E-state index is 0.0671. The quantitative estimate of drug-likeness (QED) is 0.282. The zero-order chi connectivity index (χ0) is 30.9. The Morgan fingerprint density at radius 1 is 0.854 bits per heavy atom. The van der Waals surface area contributed by atoms with Gasteiger partial charge in [0.15, 0.2) is 0 Å². The summed E-state index contributed by atoms with van der Waals surface area (Å²) in [5.74, 6) is -1.07. The average Bonchev–Trinajstić information content (AvgIpc) is 2.93. The summed E-state index contributed by atoms with van der Waals surface area (Å²) in [6.45, 7) is 17.7. The summed E-state index contributed by atoms with van der Waals surface area (Å²) in [5.41, 5.74) is 2.86. The van der Waals surface area contributed by atoms with Crippen molar-refractivity contribution >= 4 is 11.9 Å². The summed E-state index contributed by atoms with van der Waals surface area (Å²) in [7, 11) is 0. The fourth-order valence-electron chi connectivity index (χ4n) is 5.81. The smallest absolute Gasteiger partial charge is 0.329 e. The molecule has 9 atom stereocenters. The van der Waals surface area contributed by atoms with Gasteiger partial charge in [-0.3, -0.25) is 4.79 Å². The molecule has 228 valence electrons. The Hall–Kier alpha value is -2.70. The third-order valence-electron chi connectivity index (χ3n) is 8.53. The first-order chi connectivity index (χ1) is 19.2. The fraction of sp³-hybridized carbons (Fsp3) is 0.600. The van der Waals surface area contributed by atoms with E-state index in [4.69, 9.17) is 4.74 Å². The molecule has 6 heteroatoms. The van der Waals surface area contributed by atoms with Crippen molar-refractivity contribution in [1.82, 2.24) is 5.32 Å². The number of esters is 1. The number of cyclic esters (lactones) is 1. The number of ether oxygens (including phenoxy) is 1. The molecule has 41 heavy (non-hydrogen) atoms. The number of carbonyl (C=O) groups is 2. The van der Waals surface area contributed by atoms with Gasteiger partial charge in [0.05, 0.1) is 12.2 Å². The van der Waals surface area contributed by atoms with Crippen LogP contribution in [0.4, 0.5) is 0 Å². The van der Waals surface area contributed by atoms with Gasteiger partial charge in [-0.1, -0.05) is 96.5 Å². The van der Waals surface area contributed by atoms with Gasteiger partial charge in [-0.05, 0) is 55.7 Å². The van der Waals surface area contributed by atoms with Crippen LogP contribution in [-0.4, -0.2) is 46.4 Å². The minimum Gasteiger partial charge on any atom is -0.460 e. The SMILES string of the molecule is CC[C@H](C)C[C@H](C)[C@H]1OC(=O)[C@H](Cc2ccccc2)NC(=O)/C(C)=C\[C@H](C)[C@@H](O)/C(C)=C\[C@H](C)[C@H](O)/C(C)=C\[C@@H]1C. The van der Waals surface area contributed by atoms with Crippen LogP contribution in [0.15, 0.2) is 65.3 Å². The van der Waals surface area contributed by atoms with Gasteiger partial charge in [0.25, 0.3) is 0 Å². The largest absolute Gasteiger partial charge is 0.460 e. The van der Waals surface area contributed by atoms with E-state index in [9.17, 15) is 19.8 Å². The zero-order valence-electron chi connectivity index (χ0n) is 26.6. The highest BCUT2D eigenvalue weighted by Crippen LogP contribution is 2.29. The van der Waals surface area contributed by atoms with E-state index in [1.54, 1.807) is 13.0 Å². The lowest BCUT2D eigenvalue weighted by Crippen LogP contribution is -2.46. The molecule has 6 nitrogen and oxygen atoms in total. The second-order valence-corrected chi connectivity index (χ2v) is 12.5. The summed E-state index contributed by atoms with van der Waals surface area (Å²) >= 11 is 0. The molecule has 0 spiro atoms. The lowest BCUT2D eigenvalue weighted by atomic mass is 9.84. The van der Waals surface area contributed by atoms with Crippen LogP contribution in [-0.2, 0) is 20.7 Å². The van der Waals surface area contributed by atoms with E-state index in [0.717, 1.165) is 29.6 Å². The first kappa shape index (κ1) is 34.5. The Kier molecular flexibility index (Phi) is 13.5. The highest BCUT2D eigenvalue weighted by molar-refractivity contribution is 5.95. The number of nitrogens with one attached hydrogen (secondary N) is 1. The van der Waals surface area contributed by atoms with E-state index in [1.165, 1.54) is 0 Å². The summed E-state index contributed by atoms with van der Waals surface area (Å²) in [5, 5.41) is 25.1. The van der Waals surface area contributed by atoms with Gasteiger partial charge in [0.1, 0.15) is 12.1 Å². The van der Waals surface area contributed by atoms with Gasteiger partial charge in [0.2, 0.25) is 5.91 Å². The maximum atomic E-state index is 13.8. The molecule has 2 rings (SSSR count). The van der Waals surface area contributed by atoms with E-state index in [1.807, 2.05) is 77.1 Å². The van der Waals surface area contributed by atoms with Gasteiger partial charge < -0.3 is 20.3 Å². The Labute approximate surface area is 248 Å². The number of carbonyl (C=O) groups excluding carboxylic acids is 2. The van der Waals surface area contributed by atoms with Gasteiger partial charge in [-0.25, -0.2) is 4.79 Å². The average molecular weight is 568 g/mol. The Morgan fingerprint density at radius 3 is 1.95 bits per heavy atom. The van der Waals surface area contributed by atoms with Crippen molar-refractivity contribution in [2.45, 2.75) is 106 Å². The summed E-state index contributed by atoms with van der Waals surface area (Å²) in [6.07, 6.45) is 5.84. The standard InChI is InChI=1S/C35H53NO5/c1-10-21(2)16-26(7)33-27(8)18-24(5)31(37)22(3)17-23(4)32(38)25(6)19-28(9)34(39)36-30(35(40)41-33)20-29-14-12-11-13-15-29/h11-15,17-19,21-22,25-27,30-33,37-38H,10,16,20H2,1-9H3,(H,36,39)/b23-17-,24-18-,28-19-/t21-,22-,25-,26-,27-,30-,31-,32-,33+/m0/s1. The first-order valence-corrected chi connectivity index (χ1v) is 15.2. The zero-order valence-corrected chi connectivity index (χ0v) is 26.6. The third-order valence-corrected chi connectivity index (χ3v) is 8.53. The van der Waals surface area contributed by atoms with E-state index >= 15 is 0 Å². The van der Waals surface area contributed by atoms with Crippen LogP contribution < -0.4 is 5.32 Å². The molecule has 0 unspecified atom stereocenters. The summed E-state index contributed by atoms with van der Waals surface area (Å²) in [6, 6.07) is 8.70. The third kappa shape index (κ3) is 10.3. The molecular weight excluding hydrogens is 514 g/mol. The molecule has 3 N–H and O–H groups in total. The first-order valence-electron chi connectivity index (χ1n) is 15.2. The molecule has 0 fully saturated rings. The number of benzene rings is 1. The number of aliphatic hydroxyl groups excluding tert-OH is 2. The normalized spacial score (nSPS) is 34.4. The molecule has 1 aromatic carbocycles. The molecule has 1 aromatic rings. The Balaban J connectivity index is 2.59. The lowest BCUT2D eigenvalue weighted by molar-refractivity contribution is -0.157. The van der Waals surface area contributed by atoms with E-state index in [-0.39, 0.29) is 29.6 Å². The highest BCUT2D eigenvalue weighted by atomic mass is 16.5.